The van der Waals surface area contributed by atoms with E-state index >= 15 is 0 Å². The third kappa shape index (κ3) is 6.80. The third-order valence-corrected chi connectivity index (χ3v) is 9.09. The predicted octanol–water partition coefficient (Wildman–Crippen LogP) is 5.00. The zero-order valence-corrected chi connectivity index (χ0v) is 22.8. The maximum Gasteiger partial charge on any atom is 0.236 e. The number of aliphatic hydroxyl groups is 2. The molecule has 0 unspecified atom stereocenters. The molecule has 2 atom stereocenters. The van der Waals surface area contributed by atoms with Gasteiger partial charge in [-0.15, -0.1) is 0 Å². The van der Waals surface area contributed by atoms with Gasteiger partial charge in [-0.1, -0.05) is 79.1 Å². The molecular formula is C29H52N2O4. The van der Waals surface area contributed by atoms with Gasteiger partial charge in [0.1, 0.15) is 5.41 Å². The van der Waals surface area contributed by atoms with Gasteiger partial charge in [-0.25, -0.2) is 0 Å². The van der Waals surface area contributed by atoms with E-state index in [2.05, 4.69) is 38.3 Å². The predicted molar refractivity (Wildman–Crippen MR) is 140 cm³/mol. The van der Waals surface area contributed by atoms with Crippen LogP contribution in [0.5, 0.6) is 0 Å². The Morgan fingerprint density at radius 3 is 1.23 bits per heavy atom. The van der Waals surface area contributed by atoms with Crippen molar-refractivity contribution in [1.82, 2.24) is 10.6 Å². The zero-order valence-electron chi connectivity index (χ0n) is 22.8. The normalized spacial score (nSPS) is 25.3. The number of nitrogens with one attached hydrogen (secondary N) is 2. The lowest BCUT2D eigenvalue weighted by atomic mass is 9.74. The highest BCUT2D eigenvalue weighted by Crippen LogP contribution is 2.41. The molecule has 0 heterocycles. The molecule has 0 radical (unpaired) electrons. The van der Waals surface area contributed by atoms with Crippen molar-refractivity contribution in [2.45, 2.75) is 154 Å². The Kier molecular flexibility index (Phi) is 9.70. The first-order valence-corrected chi connectivity index (χ1v) is 14.6. The Balaban J connectivity index is 1.80. The fourth-order valence-electron chi connectivity index (χ4n) is 6.92. The lowest BCUT2D eigenvalue weighted by Gasteiger charge is -2.43. The van der Waals surface area contributed by atoms with Crippen molar-refractivity contribution in [1.29, 1.82) is 0 Å². The van der Waals surface area contributed by atoms with Crippen molar-refractivity contribution in [2.75, 3.05) is 0 Å². The maximum absolute atomic E-state index is 13.9. The van der Waals surface area contributed by atoms with Gasteiger partial charge in [-0.2, -0.15) is 0 Å². The van der Waals surface area contributed by atoms with Crippen LogP contribution >= 0.6 is 0 Å². The van der Waals surface area contributed by atoms with Crippen LogP contribution in [0, 0.1) is 17.3 Å². The Labute approximate surface area is 213 Å². The van der Waals surface area contributed by atoms with Crippen LogP contribution in [0.1, 0.15) is 130 Å². The second-order valence-corrected chi connectivity index (χ2v) is 12.9. The first kappa shape index (κ1) is 28.4. The molecule has 35 heavy (non-hydrogen) atoms. The number of amides is 2. The molecule has 0 aliphatic heterocycles. The number of hydrogen-bond acceptors (Lipinski definition) is 4. The molecule has 3 saturated carbocycles. The molecule has 0 aromatic carbocycles. The van der Waals surface area contributed by atoms with Crippen molar-refractivity contribution < 1.29 is 19.8 Å². The van der Waals surface area contributed by atoms with Crippen LogP contribution in [0.4, 0.5) is 0 Å². The molecule has 0 aromatic heterocycles. The summed E-state index contributed by atoms with van der Waals surface area (Å²) in [6.07, 6.45) is 13.1. The van der Waals surface area contributed by atoms with Crippen LogP contribution in [0.25, 0.3) is 0 Å². The van der Waals surface area contributed by atoms with E-state index in [1.54, 1.807) is 0 Å². The summed E-state index contributed by atoms with van der Waals surface area (Å²) in [4.78, 5) is 27.8. The van der Waals surface area contributed by atoms with Crippen LogP contribution in [-0.4, -0.2) is 45.3 Å². The summed E-state index contributed by atoms with van der Waals surface area (Å²) in [7, 11) is 0. The minimum absolute atomic E-state index is 0.226. The Morgan fingerprint density at radius 1 is 0.600 bits per heavy atom. The first-order valence-electron chi connectivity index (χ1n) is 14.6. The van der Waals surface area contributed by atoms with Crippen LogP contribution < -0.4 is 10.6 Å². The van der Waals surface area contributed by atoms with Crippen molar-refractivity contribution in [2.24, 2.45) is 17.3 Å². The van der Waals surface area contributed by atoms with Gasteiger partial charge in [-0.3, -0.25) is 9.59 Å². The first-order chi connectivity index (χ1) is 16.5. The van der Waals surface area contributed by atoms with E-state index in [0.717, 1.165) is 51.4 Å². The van der Waals surface area contributed by atoms with Crippen LogP contribution in [0.15, 0.2) is 0 Å². The molecule has 3 aliphatic carbocycles. The van der Waals surface area contributed by atoms with Crippen LogP contribution in [0.2, 0.25) is 0 Å². The largest absolute Gasteiger partial charge is 0.388 e. The number of carbonyl (C=O) groups is 2. The lowest BCUT2D eigenvalue weighted by molar-refractivity contribution is -0.148. The van der Waals surface area contributed by atoms with E-state index < -0.39 is 16.6 Å². The minimum atomic E-state index is -1.11. The standard InChI is InChI=1S/C29H52N2O4/c1-21(2)19-23(28(34)15-7-5-8-16-28)30-25(32)27(13-11-12-14-27)26(33)31-24(20-22(3)4)29(35)17-9-6-10-18-29/h21-24,34-35H,5-20H2,1-4H3,(H,30,32)(H,31,33)/t23-,24-/m1/s1. The second kappa shape index (κ2) is 11.9. The average molecular weight is 493 g/mol. The van der Waals surface area contributed by atoms with Crippen molar-refractivity contribution in [3.63, 3.8) is 0 Å². The molecule has 0 aromatic rings. The molecule has 6 heteroatoms. The lowest BCUT2D eigenvalue weighted by Crippen LogP contribution is -2.62. The summed E-state index contributed by atoms with van der Waals surface area (Å²) in [6, 6.07) is -0.677. The molecule has 3 rings (SSSR count). The van der Waals surface area contributed by atoms with E-state index in [1.807, 2.05) is 0 Å². The van der Waals surface area contributed by atoms with Gasteiger partial charge < -0.3 is 20.8 Å². The van der Waals surface area contributed by atoms with Gasteiger partial charge in [0.2, 0.25) is 11.8 Å². The minimum Gasteiger partial charge on any atom is -0.388 e. The molecule has 4 N–H and O–H groups in total. The quantitative estimate of drug-likeness (QED) is 0.323. The average Bonchev–Trinajstić information content (AvgIpc) is 3.30. The van der Waals surface area contributed by atoms with Crippen LogP contribution in [-0.2, 0) is 9.59 Å². The third-order valence-electron chi connectivity index (χ3n) is 9.09. The summed E-state index contributed by atoms with van der Waals surface area (Å²) in [5.74, 6) is 0.207. The van der Waals surface area contributed by atoms with Crippen molar-refractivity contribution in [3.05, 3.63) is 0 Å². The highest BCUT2D eigenvalue weighted by Gasteiger charge is 2.52. The van der Waals surface area contributed by atoms with Gasteiger partial charge in [-0.05, 0) is 63.2 Å². The highest BCUT2D eigenvalue weighted by molar-refractivity contribution is 6.05. The van der Waals surface area contributed by atoms with Gasteiger partial charge >= 0.3 is 0 Å². The molecule has 0 bridgehead atoms. The number of hydrogen-bond donors (Lipinski definition) is 4. The molecular weight excluding hydrogens is 440 g/mol. The van der Waals surface area contributed by atoms with Crippen LogP contribution in [0.3, 0.4) is 0 Å². The topological polar surface area (TPSA) is 98.7 Å². The van der Waals surface area contributed by atoms with Crippen molar-refractivity contribution in [3.8, 4) is 0 Å². The summed E-state index contributed by atoms with van der Waals surface area (Å²) >= 11 is 0. The van der Waals surface area contributed by atoms with Gasteiger partial charge in [0.05, 0.1) is 23.3 Å². The fourth-order valence-corrected chi connectivity index (χ4v) is 6.92. The van der Waals surface area contributed by atoms with Gasteiger partial charge in [0.15, 0.2) is 0 Å². The fraction of sp³-hybridized carbons (Fsp3) is 0.931. The summed E-state index contributed by atoms with van der Waals surface area (Å²) in [5, 5.41) is 29.4. The highest BCUT2D eigenvalue weighted by atomic mass is 16.3. The molecule has 0 saturated heterocycles. The van der Waals surface area contributed by atoms with E-state index in [0.29, 0.717) is 63.2 Å². The summed E-state index contributed by atoms with van der Waals surface area (Å²) in [5.41, 5.74) is -2.90. The molecule has 202 valence electrons. The molecule has 3 aliphatic rings. The van der Waals surface area contributed by atoms with Crippen molar-refractivity contribution >= 4 is 11.8 Å². The smallest absolute Gasteiger partial charge is 0.236 e. The number of rotatable bonds is 10. The van der Waals surface area contributed by atoms with E-state index in [1.165, 1.54) is 0 Å². The van der Waals surface area contributed by atoms with E-state index in [9.17, 15) is 19.8 Å². The Morgan fingerprint density at radius 2 is 0.914 bits per heavy atom. The molecule has 3 fully saturated rings. The molecule has 0 spiro atoms. The summed E-state index contributed by atoms with van der Waals surface area (Å²) in [6.45, 7) is 8.46. The second-order valence-electron chi connectivity index (χ2n) is 12.9. The number of carbonyl (C=O) groups excluding carboxylic acids is 2. The maximum atomic E-state index is 13.9. The van der Waals surface area contributed by atoms with Gasteiger partial charge in [0, 0.05) is 0 Å². The van der Waals surface area contributed by atoms with Gasteiger partial charge in [0.25, 0.3) is 0 Å². The molecule has 2 amide bonds. The zero-order chi connectivity index (χ0) is 25.7. The van der Waals surface area contributed by atoms with E-state index in [-0.39, 0.29) is 23.9 Å². The SMILES string of the molecule is CC(C)C[C@@H](NC(=O)C1(C(=O)N[C@H](CC(C)C)C2(O)CCCCC2)CCCC1)C1(O)CCCCC1. The Hall–Kier alpha value is -1.14. The van der Waals surface area contributed by atoms with E-state index in [4.69, 9.17) is 0 Å². The molecule has 6 nitrogen and oxygen atoms in total. The Bertz CT molecular complexity index is 647. The summed E-state index contributed by atoms with van der Waals surface area (Å²) < 4.78 is 0. The monoisotopic (exact) mass is 492 g/mol.